The minimum atomic E-state index is -3.62. The van der Waals surface area contributed by atoms with Crippen molar-refractivity contribution in [3.05, 3.63) is 48.0 Å². The van der Waals surface area contributed by atoms with E-state index in [4.69, 9.17) is 22.5 Å². The van der Waals surface area contributed by atoms with Crippen molar-refractivity contribution in [3.63, 3.8) is 0 Å². The van der Waals surface area contributed by atoms with Gasteiger partial charge in [-0.3, -0.25) is 14.4 Å². The number of nitrogens with one attached hydrogen (secondary N) is 1. The zero-order chi connectivity index (χ0) is 12.5. The maximum Gasteiger partial charge on any atom is 0.345 e. The molecular formula is C11H8Cl2NO2P. The summed E-state index contributed by atoms with van der Waals surface area (Å²) in [6, 6.07) is 12.6. The normalized spacial score (nSPS) is 11.4. The van der Waals surface area contributed by atoms with Gasteiger partial charge in [-0.15, -0.1) is 0 Å². The number of rotatable bonds is 2. The highest BCUT2D eigenvalue weighted by Crippen LogP contribution is 2.52. The van der Waals surface area contributed by atoms with Crippen molar-refractivity contribution < 1.29 is 9.36 Å². The molecule has 2 rings (SSSR count). The maximum absolute atomic E-state index is 11.8. The molecule has 2 aromatic rings. The quantitative estimate of drug-likeness (QED) is 0.843. The van der Waals surface area contributed by atoms with E-state index in [1.807, 2.05) is 24.3 Å². The van der Waals surface area contributed by atoms with Crippen molar-refractivity contribution in [2.45, 2.75) is 0 Å². The Morgan fingerprint density at radius 2 is 1.71 bits per heavy atom. The van der Waals surface area contributed by atoms with Gasteiger partial charge in [0.05, 0.1) is 0 Å². The van der Waals surface area contributed by atoms with E-state index >= 15 is 0 Å². The van der Waals surface area contributed by atoms with Crippen molar-refractivity contribution >= 4 is 45.2 Å². The van der Waals surface area contributed by atoms with E-state index < -0.39 is 11.9 Å². The number of carbonyl (C=O) groups is 1. The molecule has 17 heavy (non-hydrogen) atoms. The van der Waals surface area contributed by atoms with Gasteiger partial charge in [0.1, 0.15) is 0 Å². The monoisotopic (exact) mass is 287 g/mol. The van der Waals surface area contributed by atoms with Crippen LogP contribution in [0.3, 0.4) is 0 Å². The van der Waals surface area contributed by atoms with Crippen molar-refractivity contribution in [2.75, 3.05) is 0 Å². The number of amides is 1. The largest absolute Gasteiger partial charge is 0.345 e. The van der Waals surface area contributed by atoms with E-state index in [9.17, 15) is 9.36 Å². The Balaban J connectivity index is 2.49. The van der Waals surface area contributed by atoms with E-state index in [-0.39, 0.29) is 0 Å². The third kappa shape index (κ3) is 3.01. The summed E-state index contributed by atoms with van der Waals surface area (Å²) in [4.78, 5) is 11.8. The Kier molecular flexibility index (Phi) is 3.43. The van der Waals surface area contributed by atoms with Gasteiger partial charge in [0, 0.05) is 5.56 Å². The summed E-state index contributed by atoms with van der Waals surface area (Å²) >= 11 is 10.6. The van der Waals surface area contributed by atoms with E-state index in [1.54, 1.807) is 18.2 Å². The molecule has 1 amide bonds. The van der Waals surface area contributed by atoms with Crippen LogP contribution < -0.4 is 5.09 Å². The zero-order valence-electron chi connectivity index (χ0n) is 8.56. The Morgan fingerprint density at radius 3 is 2.41 bits per heavy atom. The average molecular weight is 288 g/mol. The maximum atomic E-state index is 11.8. The van der Waals surface area contributed by atoms with Crippen LogP contribution in [0.2, 0.25) is 0 Å². The molecule has 0 spiro atoms. The molecule has 0 unspecified atom stereocenters. The van der Waals surface area contributed by atoms with Crippen LogP contribution in [0.1, 0.15) is 10.4 Å². The van der Waals surface area contributed by atoms with Gasteiger partial charge < -0.3 is 0 Å². The first-order valence-corrected chi connectivity index (χ1v) is 8.29. The highest BCUT2D eigenvalue weighted by Gasteiger charge is 2.19. The lowest BCUT2D eigenvalue weighted by molar-refractivity contribution is 0.0983. The van der Waals surface area contributed by atoms with Crippen LogP contribution in [0.4, 0.5) is 0 Å². The summed E-state index contributed by atoms with van der Waals surface area (Å²) in [5.74, 6) is -4.17. The fourth-order valence-electron chi connectivity index (χ4n) is 1.60. The molecule has 0 bridgehead atoms. The molecule has 88 valence electrons. The number of hydrogen-bond donors (Lipinski definition) is 1. The molecule has 3 nitrogen and oxygen atoms in total. The third-order valence-electron chi connectivity index (χ3n) is 2.27. The van der Waals surface area contributed by atoms with Crippen LogP contribution >= 0.6 is 28.5 Å². The van der Waals surface area contributed by atoms with Gasteiger partial charge in [-0.2, -0.15) is 0 Å². The predicted octanol–water partition coefficient (Wildman–Crippen LogP) is 4.16. The smallest absolute Gasteiger partial charge is 0.279 e. The lowest BCUT2D eigenvalue weighted by Crippen LogP contribution is -2.16. The SMILES string of the molecule is O=C(NP(=O)(Cl)Cl)c1cccc2ccccc12. The second-order valence-corrected chi connectivity index (χ2v) is 7.95. The number of hydrogen-bond acceptors (Lipinski definition) is 2. The average Bonchev–Trinajstić information content (AvgIpc) is 2.26. The highest BCUT2D eigenvalue weighted by molar-refractivity contribution is 8.07. The minimum absolute atomic E-state index is 0.393. The topological polar surface area (TPSA) is 46.2 Å². The first-order chi connectivity index (χ1) is 7.97. The Labute approximate surface area is 108 Å². The minimum Gasteiger partial charge on any atom is -0.279 e. The van der Waals surface area contributed by atoms with E-state index in [0.717, 1.165) is 10.8 Å². The first kappa shape index (κ1) is 12.4. The summed E-state index contributed by atoms with van der Waals surface area (Å²) in [5.41, 5.74) is 0.393. The zero-order valence-corrected chi connectivity index (χ0v) is 11.0. The molecular weight excluding hydrogens is 280 g/mol. The molecule has 0 saturated carbocycles. The van der Waals surface area contributed by atoms with E-state index in [1.165, 1.54) is 0 Å². The van der Waals surface area contributed by atoms with Crippen molar-refractivity contribution in [3.8, 4) is 0 Å². The van der Waals surface area contributed by atoms with Crippen molar-refractivity contribution in [1.29, 1.82) is 0 Å². The van der Waals surface area contributed by atoms with E-state index in [2.05, 4.69) is 5.09 Å². The lowest BCUT2D eigenvalue weighted by atomic mass is 10.0. The van der Waals surface area contributed by atoms with Gasteiger partial charge in [-0.05, 0) is 39.3 Å². The van der Waals surface area contributed by atoms with Crippen LogP contribution in [-0.4, -0.2) is 5.91 Å². The third-order valence-corrected chi connectivity index (χ3v) is 3.24. The molecule has 0 aromatic heterocycles. The molecule has 0 aliphatic carbocycles. The molecule has 0 aliphatic rings. The van der Waals surface area contributed by atoms with Gasteiger partial charge >= 0.3 is 6.00 Å². The molecule has 1 N–H and O–H groups in total. The van der Waals surface area contributed by atoms with Gasteiger partial charge in [-0.1, -0.05) is 36.4 Å². The van der Waals surface area contributed by atoms with Crippen LogP contribution in [-0.2, 0) is 4.57 Å². The summed E-state index contributed by atoms with van der Waals surface area (Å²) in [6.45, 7) is 0. The second kappa shape index (κ2) is 4.69. The van der Waals surface area contributed by atoms with Gasteiger partial charge in [0.2, 0.25) is 0 Å². The summed E-state index contributed by atoms with van der Waals surface area (Å²) < 4.78 is 11.1. The second-order valence-electron chi connectivity index (χ2n) is 3.43. The van der Waals surface area contributed by atoms with Crippen molar-refractivity contribution in [2.24, 2.45) is 0 Å². The highest BCUT2D eigenvalue weighted by atomic mass is 35.9. The fraction of sp³-hybridized carbons (Fsp3) is 0. The van der Waals surface area contributed by atoms with Crippen LogP contribution in [0, 0.1) is 0 Å². The number of fused-ring (bicyclic) bond motifs is 1. The molecule has 0 fully saturated rings. The predicted molar refractivity (Wildman–Crippen MR) is 70.7 cm³/mol. The van der Waals surface area contributed by atoms with Gasteiger partial charge in [0.25, 0.3) is 5.91 Å². The Hall–Kier alpha value is -1.02. The molecule has 0 atom stereocenters. The summed E-state index contributed by atoms with van der Waals surface area (Å²) in [6.07, 6.45) is 0. The molecule has 0 saturated heterocycles. The number of benzene rings is 2. The van der Waals surface area contributed by atoms with Crippen LogP contribution in [0.25, 0.3) is 10.8 Å². The summed E-state index contributed by atoms with van der Waals surface area (Å²) in [5, 5.41) is 3.75. The molecule has 0 aliphatic heterocycles. The fourth-order valence-corrected chi connectivity index (χ4v) is 2.42. The molecule has 6 heteroatoms. The number of carbonyl (C=O) groups excluding carboxylic acids is 1. The van der Waals surface area contributed by atoms with E-state index in [0.29, 0.717) is 5.56 Å². The van der Waals surface area contributed by atoms with Crippen LogP contribution in [0.15, 0.2) is 42.5 Å². The summed E-state index contributed by atoms with van der Waals surface area (Å²) in [7, 11) is 0. The van der Waals surface area contributed by atoms with Gasteiger partial charge in [0.15, 0.2) is 0 Å². The first-order valence-electron chi connectivity index (χ1n) is 4.77. The number of halogens is 2. The standard InChI is InChI=1S/C11H8Cl2NO2P/c12-17(13,16)14-11(15)10-7-3-5-8-4-1-2-6-9(8)10/h1-7H,(H,14,15,16). The molecule has 2 aromatic carbocycles. The van der Waals surface area contributed by atoms with Crippen molar-refractivity contribution in [1.82, 2.24) is 5.09 Å². The Morgan fingerprint density at radius 1 is 1.06 bits per heavy atom. The lowest BCUT2D eigenvalue weighted by Gasteiger charge is -2.08. The van der Waals surface area contributed by atoms with Crippen LogP contribution in [0.5, 0.6) is 0 Å². The molecule has 0 heterocycles. The Bertz CT molecular complexity index is 618. The molecule has 0 radical (unpaired) electrons. The van der Waals surface area contributed by atoms with Gasteiger partial charge in [-0.25, -0.2) is 0 Å².